The van der Waals surface area contributed by atoms with Crippen LogP contribution in [0.15, 0.2) is 30.8 Å². The van der Waals surface area contributed by atoms with Gasteiger partial charge in [0.15, 0.2) is 0 Å². The SMILES string of the molecule is C=Cc1ccc(O)cc1.O[B]O. The second kappa shape index (κ2) is 6.45. The van der Waals surface area contributed by atoms with E-state index in [-0.39, 0.29) is 7.69 Å². The van der Waals surface area contributed by atoms with Gasteiger partial charge in [0.05, 0.1) is 0 Å². The molecule has 0 aliphatic carbocycles. The molecule has 0 saturated heterocycles. The molecule has 1 aromatic carbocycles. The lowest BCUT2D eigenvalue weighted by molar-refractivity contribution is 0.448. The summed E-state index contributed by atoms with van der Waals surface area (Å²) in [5.41, 5.74) is 1.02. The molecule has 3 nitrogen and oxygen atoms in total. The molecule has 3 N–H and O–H groups in total. The highest BCUT2D eigenvalue weighted by Gasteiger charge is 1.84. The summed E-state index contributed by atoms with van der Waals surface area (Å²) >= 11 is 0. The Bertz CT molecular complexity index is 220. The average Bonchev–Trinajstić information content (AvgIpc) is 2.07. The van der Waals surface area contributed by atoms with Crippen LogP contribution in [0.1, 0.15) is 5.56 Å². The fourth-order valence-electron chi connectivity index (χ4n) is 0.610. The molecule has 0 aromatic heterocycles. The number of hydrogen-bond donors (Lipinski definition) is 3. The Morgan fingerprint density at radius 3 is 1.92 bits per heavy atom. The second-order valence-electron chi connectivity index (χ2n) is 1.91. The van der Waals surface area contributed by atoms with Crippen LogP contribution in [-0.4, -0.2) is 22.8 Å². The standard InChI is InChI=1S/C8H8O.BH2O2/c1-2-7-3-5-8(9)6-4-7;2-1-3/h2-6,9H,1H2;2-3H. The van der Waals surface area contributed by atoms with Gasteiger partial charge in [-0.05, 0) is 17.7 Å². The zero-order valence-corrected chi connectivity index (χ0v) is 6.51. The van der Waals surface area contributed by atoms with E-state index in [1.165, 1.54) is 0 Å². The van der Waals surface area contributed by atoms with Gasteiger partial charge < -0.3 is 15.2 Å². The zero-order chi connectivity index (χ0) is 9.40. The molecule has 1 aromatic rings. The summed E-state index contributed by atoms with van der Waals surface area (Å²) in [6, 6.07) is 6.89. The van der Waals surface area contributed by atoms with Crippen molar-refractivity contribution in [2.45, 2.75) is 0 Å². The van der Waals surface area contributed by atoms with Gasteiger partial charge in [0.1, 0.15) is 5.75 Å². The maximum atomic E-state index is 8.82. The third-order valence-corrected chi connectivity index (χ3v) is 1.13. The van der Waals surface area contributed by atoms with Gasteiger partial charge in [-0.1, -0.05) is 24.8 Å². The summed E-state index contributed by atoms with van der Waals surface area (Å²) in [4.78, 5) is 0. The molecule has 4 heteroatoms. The van der Waals surface area contributed by atoms with Crippen molar-refractivity contribution in [1.82, 2.24) is 0 Å². The van der Waals surface area contributed by atoms with Gasteiger partial charge in [-0.3, -0.25) is 0 Å². The van der Waals surface area contributed by atoms with E-state index in [1.54, 1.807) is 18.2 Å². The van der Waals surface area contributed by atoms with Crippen molar-refractivity contribution < 1.29 is 15.2 Å². The van der Waals surface area contributed by atoms with Crippen molar-refractivity contribution in [3.05, 3.63) is 36.4 Å². The van der Waals surface area contributed by atoms with Crippen molar-refractivity contribution in [3.63, 3.8) is 0 Å². The number of phenolic OH excluding ortho intramolecular Hbond substituents is 1. The van der Waals surface area contributed by atoms with E-state index in [4.69, 9.17) is 15.2 Å². The predicted octanol–water partition coefficient (Wildman–Crippen LogP) is 0.540. The minimum absolute atomic E-state index is 0. The summed E-state index contributed by atoms with van der Waals surface area (Å²) < 4.78 is 0. The lowest BCUT2D eigenvalue weighted by atomic mass is 10.2. The number of hydrogen-bond acceptors (Lipinski definition) is 3. The Kier molecular flexibility index (Phi) is 5.78. The average molecular weight is 165 g/mol. The molecule has 0 fully saturated rings. The molecule has 1 rings (SSSR count). The first-order chi connectivity index (χ1) is 5.74. The molecule has 12 heavy (non-hydrogen) atoms. The molecular weight excluding hydrogens is 155 g/mol. The van der Waals surface area contributed by atoms with Crippen molar-refractivity contribution in [2.75, 3.05) is 0 Å². The largest absolute Gasteiger partial charge is 0.508 e. The first-order valence-corrected chi connectivity index (χ1v) is 3.26. The van der Waals surface area contributed by atoms with Crippen LogP contribution in [0.3, 0.4) is 0 Å². The minimum atomic E-state index is 0. The Labute approximate surface area is 71.9 Å². The summed E-state index contributed by atoms with van der Waals surface area (Å²) in [6.45, 7) is 3.58. The van der Waals surface area contributed by atoms with Crippen molar-refractivity contribution in [2.24, 2.45) is 0 Å². The van der Waals surface area contributed by atoms with Crippen molar-refractivity contribution >= 4 is 13.8 Å². The molecule has 0 aliphatic rings. The van der Waals surface area contributed by atoms with Crippen molar-refractivity contribution in [1.29, 1.82) is 0 Å². The van der Waals surface area contributed by atoms with Gasteiger partial charge in [0.2, 0.25) is 0 Å². The van der Waals surface area contributed by atoms with E-state index in [2.05, 4.69) is 6.58 Å². The van der Waals surface area contributed by atoms with Crippen LogP contribution < -0.4 is 0 Å². The van der Waals surface area contributed by atoms with E-state index < -0.39 is 0 Å². The second-order valence-corrected chi connectivity index (χ2v) is 1.91. The molecular formula is C8H10BO3. The Morgan fingerprint density at radius 2 is 1.58 bits per heavy atom. The van der Waals surface area contributed by atoms with Gasteiger partial charge >= 0.3 is 7.69 Å². The number of rotatable bonds is 1. The molecule has 0 unspecified atom stereocenters. The monoisotopic (exact) mass is 165 g/mol. The van der Waals surface area contributed by atoms with Gasteiger partial charge in [-0.15, -0.1) is 0 Å². The van der Waals surface area contributed by atoms with Crippen LogP contribution in [-0.2, 0) is 0 Å². The maximum absolute atomic E-state index is 8.82. The summed E-state index contributed by atoms with van der Waals surface area (Å²) in [6.07, 6.45) is 1.74. The number of benzene rings is 1. The zero-order valence-electron chi connectivity index (χ0n) is 6.51. The van der Waals surface area contributed by atoms with Crippen LogP contribution in [0.25, 0.3) is 6.08 Å². The third-order valence-electron chi connectivity index (χ3n) is 1.13. The van der Waals surface area contributed by atoms with E-state index in [0.717, 1.165) is 5.56 Å². The minimum Gasteiger partial charge on any atom is -0.508 e. The molecule has 0 spiro atoms. The quantitative estimate of drug-likeness (QED) is 0.532. The molecule has 0 bridgehead atoms. The first kappa shape index (κ1) is 10.7. The van der Waals surface area contributed by atoms with Crippen LogP contribution in [0.4, 0.5) is 0 Å². The van der Waals surface area contributed by atoms with Gasteiger partial charge in [0, 0.05) is 0 Å². The Balaban J connectivity index is 0.000000354. The van der Waals surface area contributed by atoms with Crippen LogP contribution in [0.2, 0.25) is 0 Å². The maximum Gasteiger partial charge on any atom is 0.482 e. The van der Waals surface area contributed by atoms with E-state index in [0.29, 0.717) is 5.75 Å². The van der Waals surface area contributed by atoms with E-state index in [9.17, 15) is 0 Å². The molecule has 0 saturated carbocycles. The lowest BCUT2D eigenvalue weighted by Crippen LogP contribution is -1.75. The molecule has 0 heterocycles. The fourth-order valence-corrected chi connectivity index (χ4v) is 0.610. The Hall–Kier alpha value is -1.26. The van der Waals surface area contributed by atoms with E-state index >= 15 is 0 Å². The van der Waals surface area contributed by atoms with E-state index in [1.807, 2.05) is 12.1 Å². The van der Waals surface area contributed by atoms with Crippen LogP contribution in [0, 0.1) is 0 Å². The summed E-state index contributed by atoms with van der Waals surface area (Å²) in [5.74, 6) is 0.292. The van der Waals surface area contributed by atoms with Crippen LogP contribution in [0.5, 0.6) is 5.75 Å². The highest BCUT2D eigenvalue weighted by molar-refractivity contribution is 6.13. The normalized spacial score (nSPS) is 7.83. The van der Waals surface area contributed by atoms with Gasteiger partial charge in [0.25, 0.3) is 0 Å². The Morgan fingerprint density at radius 1 is 1.17 bits per heavy atom. The molecule has 0 atom stereocenters. The highest BCUT2D eigenvalue weighted by atomic mass is 16.4. The molecule has 1 radical (unpaired) electrons. The van der Waals surface area contributed by atoms with Crippen molar-refractivity contribution in [3.8, 4) is 5.75 Å². The first-order valence-electron chi connectivity index (χ1n) is 3.26. The number of aromatic hydroxyl groups is 1. The fraction of sp³-hybridized carbons (Fsp3) is 0. The summed E-state index contributed by atoms with van der Waals surface area (Å²) in [5, 5.41) is 22.8. The van der Waals surface area contributed by atoms with Gasteiger partial charge in [-0.25, -0.2) is 0 Å². The summed E-state index contributed by atoms with van der Waals surface area (Å²) in [7, 11) is 0. The van der Waals surface area contributed by atoms with Crippen LogP contribution >= 0.6 is 0 Å². The topological polar surface area (TPSA) is 60.7 Å². The van der Waals surface area contributed by atoms with Gasteiger partial charge in [-0.2, -0.15) is 0 Å². The highest BCUT2D eigenvalue weighted by Crippen LogP contribution is 2.09. The molecule has 0 amide bonds. The molecule has 0 aliphatic heterocycles. The lowest BCUT2D eigenvalue weighted by Gasteiger charge is -1.90. The smallest absolute Gasteiger partial charge is 0.482 e. The third kappa shape index (κ3) is 4.54. The predicted molar refractivity (Wildman–Crippen MR) is 48.4 cm³/mol. The molecule has 63 valence electrons. The number of phenols is 1.